The number of ether oxygens (including phenoxy) is 2. The molecule has 4 aromatic rings. The standard InChI is InChI=1S/C41H24F18N2O5.C6H12O2/c1-17-5-8-20(15-26(17)33(2,36(42,43)44)37(45,46)47)66-21-9-12-28(27(16-21)34(3,38(48,49)50)39(51,52)53)61-31(64)23-11-7-19(14-25(23)32(61)65)35(40(54,55)56,41(57,58)59)18-6-10-22-24(13-18)30(63)60(4)29(22)62;1-5(7)8-6(2,3)4/h5-16H,1-4H3;1-4H3. The van der Waals surface area contributed by atoms with Gasteiger partial charge in [-0.05, 0) is 118 Å². The van der Waals surface area contributed by atoms with Crippen molar-refractivity contribution in [2.24, 2.45) is 0 Å². The van der Waals surface area contributed by atoms with Gasteiger partial charge in [-0.25, -0.2) is 4.90 Å². The van der Waals surface area contributed by atoms with Crippen LogP contribution in [0, 0.1) is 6.92 Å². The van der Waals surface area contributed by atoms with Crippen molar-refractivity contribution in [3.05, 3.63) is 123 Å². The van der Waals surface area contributed by atoms with Crippen LogP contribution in [0.5, 0.6) is 11.5 Å². The summed E-state index contributed by atoms with van der Waals surface area (Å²) in [6, 6.07) is 2.81. The molecule has 0 fully saturated rings. The van der Waals surface area contributed by atoms with Crippen LogP contribution in [0.3, 0.4) is 0 Å². The molecule has 2 aliphatic rings. The van der Waals surface area contributed by atoms with E-state index in [0.29, 0.717) is 29.2 Å². The normalized spacial score (nSPS) is 15.3. The highest BCUT2D eigenvalue weighted by Crippen LogP contribution is 2.59. The second kappa shape index (κ2) is 18.2. The van der Waals surface area contributed by atoms with Crippen LogP contribution in [0.1, 0.15) is 111 Å². The molecule has 27 heteroatoms. The van der Waals surface area contributed by atoms with Gasteiger partial charge in [0.15, 0.2) is 10.8 Å². The zero-order chi connectivity index (χ0) is 56.9. The number of fused-ring (bicyclic) bond motifs is 2. The van der Waals surface area contributed by atoms with Crippen molar-refractivity contribution in [3.8, 4) is 11.5 Å². The van der Waals surface area contributed by atoms with Crippen LogP contribution in [-0.4, -0.2) is 84.2 Å². The molecule has 0 bridgehead atoms. The molecule has 0 saturated heterocycles. The van der Waals surface area contributed by atoms with E-state index in [-0.39, 0.29) is 67.0 Å². The lowest BCUT2D eigenvalue weighted by Crippen LogP contribution is -2.55. The molecule has 4 amide bonds. The van der Waals surface area contributed by atoms with Crippen LogP contribution in [0.15, 0.2) is 72.8 Å². The molecule has 2 heterocycles. The van der Waals surface area contributed by atoms with E-state index in [1.165, 1.54) is 6.92 Å². The average molecular weight is 1080 g/mol. The molecule has 2 aliphatic heterocycles. The van der Waals surface area contributed by atoms with Gasteiger partial charge in [0, 0.05) is 19.5 Å². The van der Waals surface area contributed by atoms with Crippen molar-refractivity contribution in [1.29, 1.82) is 0 Å². The number of benzene rings is 4. The number of esters is 1. The summed E-state index contributed by atoms with van der Waals surface area (Å²) in [6.45, 7) is 6.98. The SMILES string of the molecule is CC(=O)OC(C)(C)C.Cc1ccc(Oc2ccc(N3C(=O)c4ccc(C(c5ccc6c(c5)C(=O)N(C)C6=O)(C(F)(F)F)C(F)(F)F)cc4C3=O)c(C(C)(C(F)(F)F)C(F)(F)F)c2)cc1C(C)(C(F)(F)F)C(F)(F)F. The summed E-state index contributed by atoms with van der Waals surface area (Å²) >= 11 is 0. The molecule has 0 aromatic heterocycles. The van der Waals surface area contributed by atoms with Gasteiger partial charge in [0.05, 0.1) is 27.9 Å². The van der Waals surface area contributed by atoms with Gasteiger partial charge in [-0.3, -0.25) is 28.9 Å². The minimum absolute atomic E-state index is 0.0343. The average Bonchev–Trinajstić information content (AvgIpc) is 3.59. The number of alkyl halides is 18. The van der Waals surface area contributed by atoms with Gasteiger partial charge in [-0.15, -0.1) is 0 Å². The number of halogens is 18. The number of imide groups is 2. The summed E-state index contributed by atoms with van der Waals surface area (Å²) in [5.41, 5.74) is -29.0. The third-order valence-corrected chi connectivity index (χ3v) is 12.1. The molecule has 0 saturated carbocycles. The van der Waals surface area contributed by atoms with E-state index in [4.69, 9.17) is 9.47 Å². The van der Waals surface area contributed by atoms with Gasteiger partial charge in [-0.1, -0.05) is 18.2 Å². The lowest BCUT2D eigenvalue weighted by atomic mass is 9.71. The molecule has 0 N–H and O–H groups in total. The number of amides is 4. The molecule has 0 spiro atoms. The maximum absolute atomic E-state index is 15.1. The van der Waals surface area contributed by atoms with Crippen LogP contribution in [0.25, 0.3) is 0 Å². The van der Waals surface area contributed by atoms with Crippen molar-refractivity contribution < 1.29 is 112 Å². The Bertz CT molecular complexity index is 2900. The summed E-state index contributed by atoms with van der Waals surface area (Å²) in [7, 11) is 0.870. The fourth-order valence-corrected chi connectivity index (χ4v) is 8.15. The van der Waals surface area contributed by atoms with E-state index in [2.05, 4.69) is 0 Å². The first-order valence-electron chi connectivity index (χ1n) is 20.8. The van der Waals surface area contributed by atoms with Gasteiger partial charge in [0.25, 0.3) is 23.6 Å². The number of anilines is 1. The second-order valence-corrected chi connectivity index (χ2v) is 18.1. The third-order valence-electron chi connectivity index (χ3n) is 12.1. The predicted molar refractivity (Wildman–Crippen MR) is 221 cm³/mol. The largest absolute Gasteiger partial charge is 0.460 e. The van der Waals surface area contributed by atoms with Crippen molar-refractivity contribution >= 4 is 35.3 Å². The fourth-order valence-electron chi connectivity index (χ4n) is 8.15. The van der Waals surface area contributed by atoms with Crippen LogP contribution >= 0.6 is 0 Å². The number of hydrogen-bond donors (Lipinski definition) is 0. The molecule has 0 aliphatic carbocycles. The topological polar surface area (TPSA) is 110 Å². The first-order chi connectivity index (χ1) is 33.2. The summed E-state index contributed by atoms with van der Waals surface area (Å²) < 4.78 is 273. The molecule has 0 atom stereocenters. The Kier molecular flexibility index (Phi) is 14.3. The highest BCUT2D eigenvalue weighted by Gasteiger charge is 2.74. The molecule has 4 aromatic carbocycles. The van der Waals surface area contributed by atoms with Gasteiger partial charge in [0.1, 0.15) is 17.1 Å². The van der Waals surface area contributed by atoms with Gasteiger partial charge in [-0.2, -0.15) is 79.0 Å². The summed E-state index contributed by atoms with van der Waals surface area (Å²) in [5.74, 6) is -8.81. The maximum Gasteiger partial charge on any atom is 0.411 e. The monoisotopic (exact) mass is 1080 g/mol. The molecule has 74 heavy (non-hydrogen) atoms. The van der Waals surface area contributed by atoms with Crippen LogP contribution < -0.4 is 9.64 Å². The summed E-state index contributed by atoms with van der Waals surface area (Å²) in [4.78, 5) is 62.9. The highest BCUT2D eigenvalue weighted by molar-refractivity contribution is 6.34. The zero-order valence-electron chi connectivity index (χ0n) is 39.0. The van der Waals surface area contributed by atoms with Crippen molar-refractivity contribution in [2.45, 2.75) is 107 Å². The van der Waals surface area contributed by atoms with Crippen molar-refractivity contribution in [3.63, 3.8) is 0 Å². The molecule has 0 radical (unpaired) electrons. The molecule has 402 valence electrons. The lowest BCUT2D eigenvalue weighted by Gasteiger charge is -2.38. The molecule has 6 rings (SSSR count). The van der Waals surface area contributed by atoms with Gasteiger partial charge >= 0.3 is 43.0 Å². The van der Waals surface area contributed by atoms with Crippen LogP contribution in [0.4, 0.5) is 84.7 Å². The Morgan fingerprint density at radius 3 is 1.22 bits per heavy atom. The highest BCUT2D eigenvalue weighted by atomic mass is 19.4. The Morgan fingerprint density at radius 2 is 0.824 bits per heavy atom. The lowest BCUT2D eigenvalue weighted by molar-refractivity contribution is -0.298. The fraction of sp³-hybridized carbons (Fsp3) is 0.383. The number of carbonyl (C=O) groups excluding carboxylic acids is 5. The van der Waals surface area contributed by atoms with E-state index >= 15 is 26.3 Å². The Morgan fingerprint density at radius 1 is 0.459 bits per heavy atom. The molecular weight excluding hydrogens is 1050 g/mol. The van der Waals surface area contributed by atoms with E-state index in [0.717, 1.165) is 14.0 Å². The summed E-state index contributed by atoms with van der Waals surface area (Å²) in [5, 5.41) is 0. The van der Waals surface area contributed by atoms with Crippen molar-refractivity contribution in [1.82, 2.24) is 4.90 Å². The second-order valence-electron chi connectivity index (χ2n) is 18.1. The van der Waals surface area contributed by atoms with Gasteiger partial charge in [0.2, 0.25) is 5.41 Å². The third kappa shape index (κ3) is 9.49. The minimum Gasteiger partial charge on any atom is -0.460 e. The number of hydrogen-bond acceptors (Lipinski definition) is 7. The smallest absolute Gasteiger partial charge is 0.411 e. The molecular formula is C47H36F18N2O7. The van der Waals surface area contributed by atoms with Crippen LogP contribution in [-0.2, 0) is 25.8 Å². The predicted octanol–water partition coefficient (Wildman–Crippen LogP) is 13.3. The number of nitrogens with zero attached hydrogens (tertiary/aromatic N) is 2. The van der Waals surface area contributed by atoms with E-state index in [9.17, 15) is 76.7 Å². The first-order valence-corrected chi connectivity index (χ1v) is 20.8. The summed E-state index contributed by atoms with van der Waals surface area (Å²) in [6.07, 6.45) is -37.9. The number of rotatable bonds is 7. The Labute approximate surface area is 406 Å². The maximum atomic E-state index is 15.1. The Balaban J connectivity index is 0.00000117. The van der Waals surface area contributed by atoms with Crippen LogP contribution in [0.2, 0.25) is 0 Å². The minimum atomic E-state index is -6.46. The van der Waals surface area contributed by atoms with E-state index < -0.39 is 156 Å². The first kappa shape index (κ1) is 58.1. The Hall–Kier alpha value is -6.83. The van der Waals surface area contributed by atoms with E-state index in [1.54, 1.807) is 0 Å². The van der Waals surface area contributed by atoms with E-state index in [1.807, 2.05) is 20.8 Å². The molecule has 0 unspecified atom stereocenters. The molecule has 9 nitrogen and oxygen atoms in total. The van der Waals surface area contributed by atoms with Crippen molar-refractivity contribution in [2.75, 3.05) is 11.9 Å². The number of carbonyl (C=O) groups is 5. The zero-order valence-corrected chi connectivity index (χ0v) is 39.0. The van der Waals surface area contributed by atoms with Gasteiger partial charge < -0.3 is 9.47 Å². The number of aryl methyl sites for hydroxylation is 1. The quantitative estimate of drug-likeness (QED) is 0.103.